The highest BCUT2D eigenvalue weighted by Gasteiger charge is 2.15. The van der Waals surface area contributed by atoms with E-state index in [0.717, 1.165) is 26.7 Å². The number of amides is 1. The third kappa shape index (κ3) is 6.04. The molecule has 0 radical (unpaired) electrons. The third-order valence-corrected chi connectivity index (χ3v) is 6.41. The molecule has 3 aromatic rings. The first-order valence-corrected chi connectivity index (χ1v) is 11.7. The number of hydrogen-bond acceptors (Lipinski definition) is 3. The predicted octanol–water partition coefficient (Wildman–Crippen LogP) is 7.25. The molecule has 0 aromatic heterocycles. The molecule has 0 saturated heterocycles. The van der Waals surface area contributed by atoms with Crippen LogP contribution in [0.5, 0.6) is 5.75 Å². The van der Waals surface area contributed by atoms with E-state index in [0.29, 0.717) is 35.1 Å². The summed E-state index contributed by atoms with van der Waals surface area (Å²) in [5.41, 5.74) is 5.33. The van der Waals surface area contributed by atoms with Gasteiger partial charge in [0.25, 0.3) is 5.91 Å². The quantitative estimate of drug-likeness (QED) is 0.262. The molecule has 0 unspecified atom stereocenters. The molecule has 0 spiro atoms. The molecule has 0 heterocycles. The summed E-state index contributed by atoms with van der Waals surface area (Å²) in [5, 5.41) is 13.2. The van der Waals surface area contributed by atoms with Gasteiger partial charge in [0.15, 0.2) is 0 Å². The Morgan fingerprint density at radius 2 is 1.94 bits per heavy atom. The van der Waals surface area contributed by atoms with Crippen LogP contribution in [0.25, 0.3) is 6.08 Å². The summed E-state index contributed by atoms with van der Waals surface area (Å²) in [6.07, 6.45) is 2.14. The van der Waals surface area contributed by atoms with E-state index in [4.69, 9.17) is 16.3 Å². The molecule has 168 valence electrons. The summed E-state index contributed by atoms with van der Waals surface area (Å²) in [6.45, 7) is 6.30. The Morgan fingerprint density at radius 1 is 1.18 bits per heavy atom. The van der Waals surface area contributed by atoms with Crippen molar-refractivity contribution in [2.45, 2.75) is 27.2 Å². The highest BCUT2D eigenvalue weighted by molar-refractivity contribution is 9.10. The highest BCUT2D eigenvalue weighted by atomic mass is 79.9. The molecular formula is C27H24BrClN2O2. The lowest BCUT2D eigenvalue weighted by atomic mass is 10.0. The van der Waals surface area contributed by atoms with Crippen LogP contribution in [0.15, 0.2) is 64.6 Å². The van der Waals surface area contributed by atoms with Gasteiger partial charge in [0.1, 0.15) is 17.4 Å². The van der Waals surface area contributed by atoms with Gasteiger partial charge >= 0.3 is 0 Å². The number of carbonyl (C=O) groups excluding carboxylic acids is 1. The largest absolute Gasteiger partial charge is 0.494 e. The van der Waals surface area contributed by atoms with Crippen molar-refractivity contribution in [1.29, 1.82) is 5.26 Å². The van der Waals surface area contributed by atoms with Crippen LogP contribution in [0.4, 0.5) is 5.69 Å². The average molecular weight is 524 g/mol. The van der Waals surface area contributed by atoms with Crippen molar-refractivity contribution in [3.05, 3.63) is 97.5 Å². The summed E-state index contributed by atoms with van der Waals surface area (Å²) in [4.78, 5) is 12.8. The number of hydrogen-bond donors (Lipinski definition) is 1. The number of benzene rings is 3. The fourth-order valence-electron chi connectivity index (χ4n) is 3.39. The molecule has 0 fully saturated rings. The van der Waals surface area contributed by atoms with E-state index >= 15 is 0 Å². The van der Waals surface area contributed by atoms with Gasteiger partial charge in [-0.25, -0.2) is 0 Å². The molecule has 0 saturated carbocycles. The summed E-state index contributed by atoms with van der Waals surface area (Å²) in [6, 6.07) is 19.1. The van der Waals surface area contributed by atoms with Crippen molar-refractivity contribution in [2.24, 2.45) is 0 Å². The second-order valence-electron chi connectivity index (χ2n) is 7.55. The predicted molar refractivity (Wildman–Crippen MR) is 138 cm³/mol. The molecule has 3 aromatic carbocycles. The maximum Gasteiger partial charge on any atom is 0.266 e. The number of nitrogens with zero attached hydrogens (tertiary/aromatic N) is 1. The standard InChI is InChI=1S/C27H24BrClN2O2/c1-4-33-26-14-19(13-23(28)22(26)15-20-9-5-6-10-24(20)29)12-21(16-30)27(32)31-25-11-7-8-17(2)18(25)3/h5-14H,4,15H2,1-3H3,(H,31,32)/b21-12+. The lowest BCUT2D eigenvalue weighted by Gasteiger charge is -2.15. The lowest BCUT2D eigenvalue weighted by molar-refractivity contribution is -0.112. The topological polar surface area (TPSA) is 62.1 Å². The van der Waals surface area contributed by atoms with Crippen molar-refractivity contribution < 1.29 is 9.53 Å². The first-order chi connectivity index (χ1) is 15.8. The van der Waals surface area contributed by atoms with Crippen LogP contribution >= 0.6 is 27.5 Å². The molecule has 1 N–H and O–H groups in total. The maximum atomic E-state index is 12.8. The van der Waals surface area contributed by atoms with Crippen LogP contribution < -0.4 is 10.1 Å². The minimum atomic E-state index is -0.458. The fourth-order valence-corrected chi connectivity index (χ4v) is 4.20. The van der Waals surface area contributed by atoms with Gasteiger partial charge in [0.2, 0.25) is 0 Å². The maximum absolute atomic E-state index is 12.8. The van der Waals surface area contributed by atoms with Crippen molar-refractivity contribution in [3.8, 4) is 11.8 Å². The van der Waals surface area contributed by atoms with Gasteiger partial charge < -0.3 is 10.1 Å². The fraction of sp³-hybridized carbons (Fsp3) is 0.185. The van der Waals surface area contributed by atoms with Crippen molar-refractivity contribution >= 4 is 45.2 Å². The third-order valence-electron chi connectivity index (χ3n) is 5.33. The van der Waals surface area contributed by atoms with Crippen molar-refractivity contribution in [3.63, 3.8) is 0 Å². The Kier molecular flexibility index (Phi) is 8.32. The van der Waals surface area contributed by atoms with Crippen molar-refractivity contribution in [1.82, 2.24) is 0 Å². The highest BCUT2D eigenvalue weighted by Crippen LogP contribution is 2.33. The first-order valence-electron chi connectivity index (χ1n) is 10.5. The summed E-state index contributed by atoms with van der Waals surface area (Å²) in [5.74, 6) is 0.214. The molecule has 0 aliphatic carbocycles. The average Bonchev–Trinajstić information content (AvgIpc) is 2.79. The van der Waals surface area contributed by atoms with E-state index in [2.05, 4.69) is 21.2 Å². The molecule has 0 bridgehead atoms. The van der Waals surface area contributed by atoms with Crippen LogP contribution in [-0.4, -0.2) is 12.5 Å². The number of carbonyl (C=O) groups is 1. The van der Waals surface area contributed by atoms with Crippen LogP contribution in [0.1, 0.15) is 34.7 Å². The van der Waals surface area contributed by atoms with Crippen molar-refractivity contribution in [2.75, 3.05) is 11.9 Å². The Hall–Kier alpha value is -3.07. The molecule has 1 amide bonds. The smallest absolute Gasteiger partial charge is 0.266 e. The SMILES string of the molecule is CCOc1cc(/C=C(\C#N)C(=O)Nc2cccc(C)c2C)cc(Br)c1Cc1ccccc1Cl. The zero-order valence-corrected chi connectivity index (χ0v) is 21.0. The molecule has 3 rings (SSSR count). The monoisotopic (exact) mass is 522 g/mol. The zero-order chi connectivity index (χ0) is 24.0. The second kappa shape index (κ2) is 11.2. The Balaban J connectivity index is 1.94. The molecular weight excluding hydrogens is 500 g/mol. The van der Waals surface area contributed by atoms with Gasteiger partial charge in [-0.2, -0.15) is 5.26 Å². The number of anilines is 1. The van der Waals surface area contributed by atoms with Crippen LogP contribution in [0, 0.1) is 25.2 Å². The summed E-state index contributed by atoms with van der Waals surface area (Å²) >= 11 is 9.99. The lowest BCUT2D eigenvalue weighted by Crippen LogP contribution is -2.14. The van der Waals surface area contributed by atoms with E-state index in [1.807, 2.05) is 81.4 Å². The van der Waals surface area contributed by atoms with Gasteiger partial charge in [0.05, 0.1) is 6.61 Å². The van der Waals surface area contributed by atoms with Gasteiger partial charge in [-0.3, -0.25) is 4.79 Å². The Labute approximate surface area is 208 Å². The number of nitrogens with one attached hydrogen (secondary N) is 1. The number of ether oxygens (including phenoxy) is 1. The van der Waals surface area contributed by atoms with E-state index in [1.54, 1.807) is 6.08 Å². The first kappa shape index (κ1) is 24.6. The molecule has 6 heteroatoms. The van der Waals surface area contributed by atoms with E-state index in [-0.39, 0.29) is 5.57 Å². The number of nitriles is 1. The van der Waals surface area contributed by atoms with Gasteiger partial charge in [-0.1, -0.05) is 57.9 Å². The molecule has 33 heavy (non-hydrogen) atoms. The molecule has 0 atom stereocenters. The number of aryl methyl sites for hydroxylation is 1. The number of rotatable bonds is 7. The zero-order valence-electron chi connectivity index (χ0n) is 18.7. The second-order valence-corrected chi connectivity index (χ2v) is 8.81. The van der Waals surface area contributed by atoms with Gasteiger partial charge in [-0.05, 0) is 73.4 Å². The molecule has 0 aliphatic heterocycles. The van der Waals surface area contributed by atoms with Crippen LogP contribution in [0.3, 0.4) is 0 Å². The Morgan fingerprint density at radius 3 is 2.64 bits per heavy atom. The van der Waals surface area contributed by atoms with Gasteiger partial charge in [-0.15, -0.1) is 0 Å². The van der Waals surface area contributed by atoms with E-state index < -0.39 is 5.91 Å². The minimum Gasteiger partial charge on any atom is -0.494 e. The van der Waals surface area contributed by atoms with E-state index in [9.17, 15) is 10.1 Å². The van der Waals surface area contributed by atoms with Gasteiger partial charge in [0, 0.05) is 27.2 Å². The Bertz CT molecular complexity index is 1260. The summed E-state index contributed by atoms with van der Waals surface area (Å²) in [7, 11) is 0. The molecule has 0 aliphatic rings. The number of halogens is 2. The van der Waals surface area contributed by atoms with Crippen LogP contribution in [0.2, 0.25) is 5.02 Å². The van der Waals surface area contributed by atoms with Crippen LogP contribution in [-0.2, 0) is 11.2 Å². The van der Waals surface area contributed by atoms with E-state index in [1.165, 1.54) is 0 Å². The minimum absolute atomic E-state index is 0.00380. The summed E-state index contributed by atoms with van der Waals surface area (Å²) < 4.78 is 6.70. The molecule has 4 nitrogen and oxygen atoms in total. The normalized spacial score (nSPS) is 11.1.